The van der Waals surface area contributed by atoms with Crippen molar-refractivity contribution in [2.24, 2.45) is 10.7 Å². The van der Waals surface area contributed by atoms with Gasteiger partial charge in [-0.05, 0) is 57.0 Å². The highest BCUT2D eigenvalue weighted by molar-refractivity contribution is 6.26. The Balaban J connectivity index is 1.42. The van der Waals surface area contributed by atoms with Crippen LogP contribution in [0.4, 0.5) is 5.69 Å². The van der Waals surface area contributed by atoms with Crippen molar-refractivity contribution in [3.63, 3.8) is 0 Å². The van der Waals surface area contributed by atoms with E-state index in [2.05, 4.69) is 83.2 Å². The van der Waals surface area contributed by atoms with E-state index in [9.17, 15) is 5.41 Å². The third kappa shape index (κ3) is 4.81. The summed E-state index contributed by atoms with van der Waals surface area (Å²) in [4.78, 5) is 6.85. The fourth-order valence-electron chi connectivity index (χ4n) is 6.41. The van der Waals surface area contributed by atoms with E-state index in [1.54, 1.807) is 0 Å². The number of aliphatic imine (C=N–C) groups is 1. The number of nitrogens with two attached hydrogens (primary N) is 1. The molecule has 4 N–H and O–H groups in total. The van der Waals surface area contributed by atoms with Crippen molar-refractivity contribution in [1.29, 1.82) is 10.8 Å². The van der Waals surface area contributed by atoms with Gasteiger partial charge in [-0.1, -0.05) is 122 Å². The lowest BCUT2D eigenvalue weighted by molar-refractivity contribution is 0.882. The second-order valence-corrected chi connectivity index (χ2v) is 11.0. The predicted molar refractivity (Wildman–Crippen MR) is 190 cm³/mol. The Labute approximate surface area is 262 Å². The molecule has 45 heavy (non-hydrogen) atoms. The minimum Gasteiger partial charge on any atom is -0.383 e. The van der Waals surface area contributed by atoms with Gasteiger partial charge in [0.2, 0.25) is 0 Å². The molecular formula is C40H31N5. The molecule has 216 valence electrons. The molecule has 1 heterocycles. The number of fused-ring (bicyclic) bond motifs is 4. The summed E-state index contributed by atoms with van der Waals surface area (Å²) < 4.78 is 0. The fourth-order valence-corrected chi connectivity index (χ4v) is 6.41. The maximum atomic E-state index is 9.32. The van der Waals surface area contributed by atoms with Crippen molar-refractivity contribution < 1.29 is 0 Å². The quantitative estimate of drug-likeness (QED) is 0.106. The molecule has 5 heteroatoms. The van der Waals surface area contributed by atoms with Gasteiger partial charge in [-0.2, -0.15) is 0 Å². The van der Waals surface area contributed by atoms with Gasteiger partial charge in [0.25, 0.3) is 0 Å². The molecule has 0 fully saturated rings. The molecule has 0 aromatic heterocycles. The van der Waals surface area contributed by atoms with E-state index in [-0.39, 0.29) is 11.9 Å². The molecule has 2 bridgehead atoms. The Bertz CT molecular complexity index is 2160. The zero-order valence-electron chi connectivity index (χ0n) is 24.6. The van der Waals surface area contributed by atoms with Crippen LogP contribution in [0.25, 0.3) is 32.7 Å². The summed E-state index contributed by atoms with van der Waals surface area (Å²) in [6.45, 7) is 4.10. The van der Waals surface area contributed by atoms with Crippen LogP contribution in [-0.4, -0.2) is 23.9 Å². The van der Waals surface area contributed by atoms with E-state index in [1.807, 2.05) is 72.8 Å². The summed E-state index contributed by atoms with van der Waals surface area (Å²) in [5, 5.41) is 21.6. The first kappa shape index (κ1) is 27.7. The predicted octanol–water partition coefficient (Wildman–Crippen LogP) is 8.72. The molecule has 0 radical (unpaired) electrons. The number of benzene rings is 5. The lowest BCUT2D eigenvalue weighted by Gasteiger charge is -2.36. The largest absolute Gasteiger partial charge is 0.383 e. The van der Waals surface area contributed by atoms with Gasteiger partial charge in [0, 0.05) is 34.2 Å². The Kier molecular flexibility index (Phi) is 7.12. The molecule has 5 aromatic carbocycles. The number of nitrogens with zero attached hydrogens (tertiary/aromatic N) is 2. The summed E-state index contributed by atoms with van der Waals surface area (Å²) in [6, 6.07) is 34.5. The molecule has 5 nitrogen and oxygen atoms in total. The van der Waals surface area contributed by atoms with Gasteiger partial charge >= 0.3 is 0 Å². The second-order valence-electron chi connectivity index (χ2n) is 11.0. The molecule has 2 aliphatic rings. The van der Waals surface area contributed by atoms with E-state index < -0.39 is 0 Å². The van der Waals surface area contributed by atoms with E-state index in [0.717, 1.165) is 66.3 Å². The first-order valence-electron chi connectivity index (χ1n) is 14.8. The number of hydrogen-bond acceptors (Lipinski definition) is 3. The topological polar surface area (TPSA) is 89.3 Å². The average molecular weight is 582 g/mol. The van der Waals surface area contributed by atoms with Crippen LogP contribution in [0.5, 0.6) is 0 Å². The molecule has 7 rings (SSSR count). The third-order valence-corrected chi connectivity index (χ3v) is 8.43. The van der Waals surface area contributed by atoms with E-state index in [1.165, 1.54) is 6.21 Å². The number of allylic oxidation sites excluding steroid dienone is 6. The fraction of sp³-hybridized carbons (Fsp3) is 0.0250. The van der Waals surface area contributed by atoms with Crippen LogP contribution in [0, 0.1) is 10.8 Å². The molecule has 0 saturated carbocycles. The summed E-state index contributed by atoms with van der Waals surface area (Å²) in [7, 11) is 0. The molecular weight excluding hydrogens is 550 g/mol. The highest BCUT2D eigenvalue weighted by Crippen LogP contribution is 2.41. The first-order chi connectivity index (χ1) is 22.1. The number of amidine groups is 2. The van der Waals surface area contributed by atoms with Crippen LogP contribution in [0.1, 0.15) is 11.1 Å². The molecule has 0 spiro atoms. The molecule has 1 aliphatic carbocycles. The third-order valence-electron chi connectivity index (χ3n) is 8.43. The number of hydrogen-bond donors (Lipinski definition) is 3. The highest BCUT2D eigenvalue weighted by Gasteiger charge is 2.27. The van der Waals surface area contributed by atoms with Gasteiger partial charge in [0.15, 0.2) is 5.84 Å². The zero-order chi connectivity index (χ0) is 30.9. The smallest absolute Gasteiger partial charge is 0.155 e. The normalized spacial score (nSPS) is 16.1. The average Bonchev–Trinajstić information content (AvgIpc) is 3.30. The maximum Gasteiger partial charge on any atom is 0.155 e. The summed E-state index contributed by atoms with van der Waals surface area (Å²) in [6.07, 6.45) is 13.6. The van der Waals surface area contributed by atoms with Crippen LogP contribution in [-0.2, 0) is 0 Å². The highest BCUT2D eigenvalue weighted by atomic mass is 15.2. The summed E-state index contributed by atoms with van der Waals surface area (Å²) in [5.74, 6) is 0.406. The van der Waals surface area contributed by atoms with Gasteiger partial charge in [-0.3, -0.25) is 5.41 Å². The number of rotatable bonds is 6. The van der Waals surface area contributed by atoms with Gasteiger partial charge in [-0.15, -0.1) is 0 Å². The Morgan fingerprint density at radius 1 is 0.800 bits per heavy atom. The van der Waals surface area contributed by atoms with Gasteiger partial charge in [0.1, 0.15) is 5.84 Å². The second kappa shape index (κ2) is 11.5. The van der Waals surface area contributed by atoms with E-state index in [4.69, 9.17) is 11.1 Å². The molecule has 0 amide bonds. The van der Waals surface area contributed by atoms with Gasteiger partial charge < -0.3 is 16.0 Å². The lowest BCUT2D eigenvalue weighted by Crippen LogP contribution is -2.35. The molecule has 0 saturated heterocycles. The minimum absolute atomic E-state index is 0.0157. The number of nitrogens with one attached hydrogen (secondary N) is 2. The standard InChI is InChI=1S/C40H31N5/c1-2-36-35(25-41)28-14-6-7-15-30(24-28)45(36)29-22-20-26(21-23-29)37-33-18-10-8-16-31(33)32-17-9-11-19-34(32)38(37)40(43)44-39(42)27-12-4-3-5-13-27/h2-25,30,41H,1H2,(H3,42,43,44). The number of anilines is 1. The lowest BCUT2D eigenvalue weighted by atomic mass is 9.87. The SMILES string of the molecule is C=CC1=C(C=N)C2=CC(C=CC=C2)N1c1ccc(-c2c(C(=N)N=C(N)c3ccccc3)c3ccccc3c3ccccc23)cc1. The van der Waals surface area contributed by atoms with Crippen LogP contribution in [0.3, 0.4) is 0 Å². The Morgan fingerprint density at radius 3 is 2.13 bits per heavy atom. The minimum atomic E-state index is -0.0157. The molecule has 1 aliphatic heterocycles. The monoisotopic (exact) mass is 581 g/mol. The van der Waals surface area contributed by atoms with Crippen LogP contribution in [0.2, 0.25) is 0 Å². The zero-order valence-corrected chi connectivity index (χ0v) is 24.6. The van der Waals surface area contributed by atoms with Crippen LogP contribution < -0.4 is 10.6 Å². The van der Waals surface area contributed by atoms with Crippen molar-refractivity contribution in [3.8, 4) is 11.1 Å². The first-order valence-corrected chi connectivity index (χ1v) is 14.8. The van der Waals surface area contributed by atoms with Crippen molar-refractivity contribution in [2.45, 2.75) is 6.04 Å². The van der Waals surface area contributed by atoms with E-state index in [0.29, 0.717) is 5.84 Å². The Morgan fingerprint density at radius 2 is 1.44 bits per heavy atom. The molecule has 1 unspecified atom stereocenters. The van der Waals surface area contributed by atoms with Gasteiger partial charge in [-0.25, -0.2) is 4.99 Å². The van der Waals surface area contributed by atoms with Crippen molar-refractivity contribution in [2.75, 3.05) is 4.90 Å². The molecule has 1 atom stereocenters. The Hall–Kier alpha value is -6.07. The van der Waals surface area contributed by atoms with Crippen LogP contribution in [0.15, 0.2) is 168 Å². The summed E-state index contributed by atoms with van der Waals surface area (Å²) in [5.41, 5.74) is 13.6. The van der Waals surface area contributed by atoms with Gasteiger partial charge in [0.05, 0.1) is 11.7 Å². The van der Waals surface area contributed by atoms with Crippen molar-refractivity contribution in [3.05, 3.63) is 174 Å². The van der Waals surface area contributed by atoms with Crippen molar-refractivity contribution in [1.82, 2.24) is 0 Å². The maximum absolute atomic E-state index is 9.32. The van der Waals surface area contributed by atoms with Crippen molar-refractivity contribution >= 4 is 45.1 Å². The van der Waals surface area contributed by atoms with E-state index >= 15 is 0 Å². The molecule has 5 aromatic rings. The summed E-state index contributed by atoms with van der Waals surface area (Å²) >= 11 is 0. The van der Waals surface area contributed by atoms with Crippen LogP contribution >= 0.6 is 0 Å².